The summed E-state index contributed by atoms with van der Waals surface area (Å²) in [7, 11) is 1.68. The third-order valence-electron chi connectivity index (χ3n) is 3.61. The van der Waals surface area contributed by atoms with Gasteiger partial charge in [0.15, 0.2) is 0 Å². The second-order valence-electron chi connectivity index (χ2n) is 6.94. The van der Waals surface area contributed by atoms with E-state index in [9.17, 15) is 0 Å². The second-order valence-corrected chi connectivity index (χ2v) is 6.94. The molecule has 0 aliphatic rings. The molecule has 0 amide bonds. The summed E-state index contributed by atoms with van der Waals surface area (Å²) in [5.74, 6) is 0.513. The van der Waals surface area contributed by atoms with Crippen LogP contribution in [0.1, 0.15) is 38.8 Å². The minimum atomic E-state index is 0.218. The van der Waals surface area contributed by atoms with Gasteiger partial charge in [-0.3, -0.25) is 0 Å². The Labute approximate surface area is 136 Å². The fourth-order valence-electron chi connectivity index (χ4n) is 2.25. The first kappa shape index (κ1) is 19.1. The lowest BCUT2D eigenvalue weighted by Crippen LogP contribution is -2.14. The van der Waals surface area contributed by atoms with Crippen molar-refractivity contribution in [2.75, 3.05) is 40.1 Å². The van der Waals surface area contributed by atoms with Gasteiger partial charge in [0.2, 0.25) is 0 Å². The van der Waals surface area contributed by atoms with Crippen LogP contribution in [0.2, 0.25) is 0 Å². The number of hydrogen-bond acceptors (Lipinski definition) is 3. The normalized spacial score (nSPS) is 13.3. The summed E-state index contributed by atoms with van der Waals surface area (Å²) in [5.41, 5.74) is 2.98. The summed E-state index contributed by atoms with van der Waals surface area (Å²) in [5, 5.41) is 0. The van der Waals surface area contributed by atoms with Crippen molar-refractivity contribution < 1.29 is 14.2 Å². The second kappa shape index (κ2) is 9.98. The van der Waals surface area contributed by atoms with Gasteiger partial charge >= 0.3 is 0 Å². The number of hydrogen-bond donors (Lipinski definition) is 0. The topological polar surface area (TPSA) is 27.7 Å². The summed E-state index contributed by atoms with van der Waals surface area (Å²) in [4.78, 5) is 0. The van der Waals surface area contributed by atoms with Crippen LogP contribution in [-0.4, -0.2) is 40.1 Å². The number of rotatable bonds is 10. The Kier molecular flexibility index (Phi) is 8.69. The van der Waals surface area contributed by atoms with Gasteiger partial charge in [-0.25, -0.2) is 0 Å². The minimum Gasteiger partial charge on any atom is -0.382 e. The first-order chi connectivity index (χ1) is 10.4. The van der Waals surface area contributed by atoms with E-state index in [-0.39, 0.29) is 5.41 Å². The monoisotopic (exact) mass is 308 g/mol. The van der Waals surface area contributed by atoms with E-state index in [1.54, 1.807) is 7.11 Å². The summed E-state index contributed by atoms with van der Waals surface area (Å²) < 4.78 is 15.9. The first-order valence-electron chi connectivity index (χ1n) is 8.17. The van der Waals surface area contributed by atoms with Gasteiger partial charge in [-0.1, -0.05) is 52.0 Å². The molecule has 0 bridgehead atoms. The molecule has 1 rings (SSSR count). The van der Waals surface area contributed by atoms with Crippen LogP contribution in [0.3, 0.4) is 0 Å². The molecule has 0 saturated carbocycles. The Morgan fingerprint density at radius 3 is 2.09 bits per heavy atom. The van der Waals surface area contributed by atoms with E-state index in [0.29, 0.717) is 32.3 Å². The zero-order valence-corrected chi connectivity index (χ0v) is 14.9. The van der Waals surface area contributed by atoms with E-state index in [1.165, 1.54) is 11.1 Å². The molecule has 0 saturated heterocycles. The molecule has 0 aromatic heterocycles. The summed E-state index contributed by atoms with van der Waals surface area (Å²) in [6.45, 7) is 12.3. The summed E-state index contributed by atoms with van der Waals surface area (Å²) in [6.07, 6.45) is 1.05. The zero-order chi connectivity index (χ0) is 16.4. The van der Waals surface area contributed by atoms with Crippen molar-refractivity contribution in [2.45, 2.75) is 39.5 Å². The van der Waals surface area contributed by atoms with Crippen molar-refractivity contribution >= 4 is 0 Å². The van der Waals surface area contributed by atoms with Crippen LogP contribution in [0.4, 0.5) is 0 Å². The average Bonchev–Trinajstić information content (AvgIpc) is 2.46. The first-order valence-corrected chi connectivity index (χ1v) is 8.17. The van der Waals surface area contributed by atoms with E-state index in [1.807, 2.05) is 0 Å². The van der Waals surface area contributed by atoms with Crippen molar-refractivity contribution in [3.8, 4) is 0 Å². The molecule has 1 aromatic carbocycles. The van der Waals surface area contributed by atoms with Gasteiger partial charge in [0.05, 0.1) is 26.4 Å². The highest BCUT2D eigenvalue weighted by Crippen LogP contribution is 2.22. The Morgan fingerprint density at radius 1 is 0.909 bits per heavy atom. The lowest BCUT2D eigenvalue weighted by atomic mass is 9.86. The lowest BCUT2D eigenvalue weighted by Gasteiger charge is -2.19. The van der Waals surface area contributed by atoms with Crippen molar-refractivity contribution in [1.29, 1.82) is 0 Å². The molecule has 0 fully saturated rings. The highest BCUT2D eigenvalue weighted by molar-refractivity contribution is 5.27. The highest BCUT2D eigenvalue weighted by Gasteiger charge is 2.13. The Hall–Kier alpha value is -0.900. The predicted octanol–water partition coefficient (Wildman–Crippen LogP) is 3.84. The predicted molar refractivity (Wildman–Crippen MR) is 91.5 cm³/mol. The molecule has 22 heavy (non-hydrogen) atoms. The van der Waals surface area contributed by atoms with E-state index in [0.717, 1.165) is 13.0 Å². The molecule has 3 nitrogen and oxygen atoms in total. The van der Waals surface area contributed by atoms with Gasteiger partial charge in [0.1, 0.15) is 0 Å². The van der Waals surface area contributed by atoms with Crippen LogP contribution in [0.5, 0.6) is 0 Å². The molecule has 1 aromatic rings. The highest BCUT2D eigenvalue weighted by atomic mass is 16.5. The molecule has 0 heterocycles. The minimum absolute atomic E-state index is 0.218. The molecule has 0 aliphatic carbocycles. The van der Waals surface area contributed by atoms with Crippen molar-refractivity contribution in [2.24, 2.45) is 5.92 Å². The molecule has 1 atom stereocenters. The summed E-state index contributed by atoms with van der Waals surface area (Å²) in [6, 6.07) is 8.97. The number of ether oxygens (including phenoxy) is 3. The van der Waals surface area contributed by atoms with Gasteiger partial charge in [0, 0.05) is 13.7 Å². The van der Waals surface area contributed by atoms with Gasteiger partial charge in [-0.05, 0) is 28.9 Å². The quantitative estimate of drug-likeness (QED) is 0.615. The Bertz CT molecular complexity index is 392. The van der Waals surface area contributed by atoms with Crippen LogP contribution < -0.4 is 0 Å². The molecule has 3 heteroatoms. The van der Waals surface area contributed by atoms with Crippen molar-refractivity contribution in [1.82, 2.24) is 0 Å². The molecule has 0 spiro atoms. The fourth-order valence-corrected chi connectivity index (χ4v) is 2.25. The zero-order valence-electron chi connectivity index (χ0n) is 14.9. The van der Waals surface area contributed by atoms with Crippen LogP contribution in [0.15, 0.2) is 24.3 Å². The van der Waals surface area contributed by atoms with Crippen LogP contribution >= 0.6 is 0 Å². The Balaban J connectivity index is 2.20. The number of methoxy groups -OCH3 is 1. The van der Waals surface area contributed by atoms with Crippen LogP contribution in [0, 0.1) is 5.92 Å². The van der Waals surface area contributed by atoms with E-state index in [2.05, 4.69) is 52.0 Å². The fraction of sp³-hybridized carbons (Fsp3) is 0.684. The standard InChI is InChI=1S/C19H32O3/c1-16(15-22-13-12-21-11-10-20-5)14-17-6-8-18(9-7-17)19(2,3)4/h6-9,16H,10-15H2,1-5H3. The van der Waals surface area contributed by atoms with Crippen LogP contribution in [-0.2, 0) is 26.0 Å². The maximum Gasteiger partial charge on any atom is 0.0701 e. The molecule has 0 N–H and O–H groups in total. The van der Waals surface area contributed by atoms with Gasteiger partial charge < -0.3 is 14.2 Å². The maximum absolute atomic E-state index is 5.66. The summed E-state index contributed by atoms with van der Waals surface area (Å²) >= 11 is 0. The van der Waals surface area contributed by atoms with Gasteiger partial charge in [0.25, 0.3) is 0 Å². The third kappa shape index (κ3) is 7.92. The molecule has 1 unspecified atom stereocenters. The van der Waals surface area contributed by atoms with Crippen molar-refractivity contribution in [3.63, 3.8) is 0 Å². The molecule has 126 valence electrons. The largest absolute Gasteiger partial charge is 0.382 e. The molecule has 0 radical (unpaired) electrons. The molecular weight excluding hydrogens is 276 g/mol. The van der Waals surface area contributed by atoms with Crippen LogP contribution in [0.25, 0.3) is 0 Å². The van der Waals surface area contributed by atoms with Gasteiger partial charge in [-0.15, -0.1) is 0 Å². The van der Waals surface area contributed by atoms with E-state index < -0.39 is 0 Å². The average molecular weight is 308 g/mol. The van der Waals surface area contributed by atoms with E-state index in [4.69, 9.17) is 14.2 Å². The van der Waals surface area contributed by atoms with Crippen molar-refractivity contribution in [3.05, 3.63) is 35.4 Å². The maximum atomic E-state index is 5.66. The lowest BCUT2D eigenvalue weighted by molar-refractivity contribution is 0.0171. The number of benzene rings is 1. The van der Waals surface area contributed by atoms with E-state index >= 15 is 0 Å². The molecule has 0 aliphatic heterocycles. The van der Waals surface area contributed by atoms with Gasteiger partial charge in [-0.2, -0.15) is 0 Å². The smallest absolute Gasteiger partial charge is 0.0701 e. The SMILES string of the molecule is COCCOCCOCC(C)Cc1ccc(C(C)(C)C)cc1. The third-order valence-corrected chi connectivity index (χ3v) is 3.61. The molecular formula is C19H32O3. The Morgan fingerprint density at radius 2 is 1.50 bits per heavy atom.